The van der Waals surface area contributed by atoms with Crippen LogP contribution in [0.15, 0.2) is 18.2 Å². The lowest BCUT2D eigenvalue weighted by Gasteiger charge is -2.12. The van der Waals surface area contributed by atoms with Gasteiger partial charge in [0.15, 0.2) is 6.61 Å². The van der Waals surface area contributed by atoms with Gasteiger partial charge in [-0.15, -0.1) is 0 Å². The van der Waals surface area contributed by atoms with E-state index < -0.39 is 11.9 Å². The molecule has 0 spiro atoms. The van der Waals surface area contributed by atoms with E-state index in [0.717, 1.165) is 0 Å². The number of carbonyl (C=O) groups is 2. The van der Waals surface area contributed by atoms with Crippen LogP contribution in [-0.4, -0.2) is 39.4 Å². The standard InChI is InChI=1S/C13H16O6/c1-4-18-11(14)8-19-10-7-5-6-9(16-2)12(10)13(15)17-3/h5-7H,4,8H2,1-3H3. The van der Waals surface area contributed by atoms with Crippen LogP contribution in [0.25, 0.3) is 0 Å². The van der Waals surface area contributed by atoms with Crippen LogP contribution in [0, 0.1) is 0 Å². The van der Waals surface area contributed by atoms with Gasteiger partial charge in [0.25, 0.3) is 0 Å². The minimum Gasteiger partial charge on any atom is -0.496 e. The summed E-state index contributed by atoms with van der Waals surface area (Å²) in [7, 11) is 2.68. The largest absolute Gasteiger partial charge is 0.496 e. The minimum atomic E-state index is -0.601. The molecule has 0 aromatic heterocycles. The highest BCUT2D eigenvalue weighted by Gasteiger charge is 2.19. The third-order valence-corrected chi connectivity index (χ3v) is 2.25. The molecule has 19 heavy (non-hydrogen) atoms. The molecule has 0 aliphatic heterocycles. The predicted molar refractivity (Wildman–Crippen MR) is 66.5 cm³/mol. The summed E-state index contributed by atoms with van der Waals surface area (Å²) < 4.78 is 19.7. The van der Waals surface area contributed by atoms with E-state index in [0.29, 0.717) is 5.75 Å². The molecule has 0 fully saturated rings. The Kier molecular flexibility index (Phi) is 5.66. The van der Waals surface area contributed by atoms with Crippen molar-refractivity contribution in [3.05, 3.63) is 23.8 Å². The van der Waals surface area contributed by atoms with Crippen LogP contribution >= 0.6 is 0 Å². The maximum atomic E-state index is 11.7. The van der Waals surface area contributed by atoms with Gasteiger partial charge in [-0.25, -0.2) is 9.59 Å². The number of methoxy groups -OCH3 is 2. The molecular formula is C13H16O6. The normalized spacial score (nSPS) is 9.63. The number of esters is 2. The Morgan fingerprint density at radius 2 is 1.84 bits per heavy atom. The fraction of sp³-hybridized carbons (Fsp3) is 0.385. The van der Waals surface area contributed by atoms with Crippen molar-refractivity contribution in [3.63, 3.8) is 0 Å². The summed E-state index contributed by atoms with van der Waals surface area (Å²) in [6.45, 7) is 1.68. The van der Waals surface area contributed by atoms with Gasteiger partial charge in [0.2, 0.25) is 0 Å². The molecule has 0 N–H and O–H groups in total. The van der Waals surface area contributed by atoms with Crippen LogP contribution in [0.3, 0.4) is 0 Å². The molecule has 0 aliphatic carbocycles. The molecule has 0 amide bonds. The van der Waals surface area contributed by atoms with Crippen LogP contribution in [-0.2, 0) is 14.3 Å². The first-order valence-corrected chi connectivity index (χ1v) is 5.67. The van der Waals surface area contributed by atoms with E-state index in [-0.39, 0.29) is 24.5 Å². The third-order valence-electron chi connectivity index (χ3n) is 2.25. The molecule has 0 unspecified atom stereocenters. The Morgan fingerprint density at radius 1 is 1.16 bits per heavy atom. The first-order valence-electron chi connectivity index (χ1n) is 5.67. The zero-order valence-corrected chi connectivity index (χ0v) is 11.1. The Labute approximate surface area is 111 Å². The Bertz CT molecular complexity index is 454. The second kappa shape index (κ2) is 7.25. The van der Waals surface area contributed by atoms with Gasteiger partial charge in [-0.1, -0.05) is 6.07 Å². The molecule has 0 atom stereocenters. The second-order valence-electron chi connectivity index (χ2n) is 3.42. The average molecular weight is 268 g/mol. The molecule has 0 saturated heterocycles. The van der Waals surface area contributed by atoms with Gasteiger partial charge in [-0.2, -0.15) is 0 Å². The number of hydrogen-bond acceptors (Lipinski definition) is 6. The SMILES string of the molecule is CCOC(=O)COc1cccc(OC)c1C(=O)OC. The fourth-order valence-electron chi connectivity index (χ4n) is 1.44. The predicted octanol–water partition coefficient (Wildman–Crippen LogP) is 1.42. The highest BCUT2D eigenvalue weighted by atomic mass is 16.6. The van der Waals surface area contributed by atoms with E-state index in [9.17, 15) is 9.59 Å². The smallest absolute Gasteiger partial charge is 0.345 e. The van der Waals surface area contributed by atoms with Gasteiger partial charge in [-0.05, 0) is 19.1 Å². The molecule has 6 nitrogen and oxygen atoms in total. The summed E-state index contributed by atoms with van der Waals surface area (Å²) >= 11 is 0. The van der Waals surface area contributed by atoms with Crippen LogP contribution in [0.2, 0.25) is 0 Å². The lowest BCUT2D eigenvalue weighted by atomic mass is 10.2. The van der Waals surface area contributed by atoms with Crippen molar-refractivity contribution >= 4 is 11.9 Å². The number of hydrogen-bond donors (Lipinski definition) is 0. The Morgan fingerprint density at radius 3 is 2.42 bits per heavy atom. The summed E-state index contributed by atoms with van der Waals surface area (Å²) in [6, 6.07) is 4.79. The molecule has 6 heteroatoms. The van der Waals surface area contributed by atoms with E-state index in [1.165, 1.54) is 14.2 Å². The van der Waals surface area contributed by atoms with Crippen molar-refractivity contribution in [3.8, 4) is 11.5 Å². The molecule has 104 valence electrons. The van der Waals surface area contributed by atoms with Crippen LogP contribution in [0.4, 0.5) is 0 Å². The molecule has 1 aromatic rings. The minimum absolute atomic E-state index is 0.136. The van der Waals surface area contributed by atoms with Gasteiger partial charge >= 0.3 is 11.9 Å². The van der Waals surface area contributed by atoms with E-state index in [1.54, 1.807) is 25.1 Å². The van der Waals surface area contributed by atoms with Gasteiger partial charge < -0.3 is 18.9 Å². The molecule has 0 radical (unpaired) electrons. The van der Waals surface area contributed by atoms with Crippen molar-refractivity contribution in [1.29, 1.82) is 0 Å². The molecule has 0 aliphatic rings. The zero-order chi connectivity index (χ0) is 14.3. The lowest BCUT2D eigenvalue weighted by molar-refractivity contribution is -0.145. The van der Waals surface area contributed by atoms with Gasteiger partial charge in [0, 0.05) is 0 Å². The fourth-order valence-corrected chi connectivity index (χ4v) is 1.44. The van der Waals surface area contributed by atoms with Crippen LogP contribution < -0.4 is 9.47 Å². The van der Waals surface area contributed by atoms with Gasteiger partial charge in [0.05, 0.1) is 20.8 Å². The maximum Gasteiger partial charge on any atom is 0.345 e. The number of rotatable bonds is 6. The number of carbonyl (C=O) groups excluding carboxylic acids is 2. The molecular weight excluding hydrogens is 252 g/mol. The Balaban J connectivity index is 2.93. The quantitative estimate of drug-likeness (QED) is 0.727. The number of benzene rings is 1. The first kappa shape index (κ1) is 14.8. The van der Waals surface area contributed by atoms with Crippen LogP contribution in [0.1, 0.15) is 17.3 Å². The molecule has 1 rings (SSSR count). The van der Waals surface area contributed by atoms with Crippen LogP contribution in [0.5, 0.6) is 11.5 Å². The molecule has 0 bridgehead atoms. The van der Waals surface area contributed by atoms with Crippen molar-refractivity contribution < 1.29 is 28.5 Å². The summed E-state index contributed by atoms with van der Waals surface area (Å²) in [5, 5.41) is 0. The zero-order valence-electron chi connectivity index (χ0n) is 11.1. The van der Waals surface area contributed by atoms with E-state index in [4.69, 9.17) is 14.2 Å². The summed E-state index contributed by atoms with van der Waals surface area (Å²) in [5.74, 6) is -0.593. The summed E-state index contributed by atoms with van der Waals surface area (Å²) in [5.41, 5.74) is 0.136. The highest BCUT2D eigenvalue weighted by molar-refractivity contribution is 5.95. The average Bonchev–Trinajstić information content (AvgIpc) is 2.44. The number of ether oxygens (including phenoxy) is 4. The molecule has 1 aromatic carbocycles. The van der Waals surface area contributed by atoms with E-state index >= 15 is 0 Å². The first-order chi connectivity index (χ1) is 9.13. The molecule has 0 heterocycles. The van der Waals surface area contributed by atoms with Crippen molar-refractivity contribution in [2.24, 2.45) is 0 Å². The van der Waals surface area contributed by atoms with Crippen molar-refractivity contribution in [2.45, 2.75) is 6.92 Å². The van der Waals surface area contributed by atoms with E-state index in [1.807, 2.05) is 0 Å². The monoisotopic (exact) mass is 268 g/mol. The summed E-state index contributed by atoms with van der Waals surface area (Å²) in [4.78, 5) is 22.9. The third kappa shape index (κ3) is 3.87. The lowest BCUT2D eigenvalue weighted by Crippen LogP contribution is -2.16. The topological polar surface area (TPSA) is 71.1 Å². The second-order valence-corrected chi connectivity index (χ2v) is 3.42. The summed E-state index contributed by atoms with van der Waals surface area (Å²) in [6.07, 6.45) is 0. The van der Waals surface area contributed by atoms with Gasteiger partial charge in [0.1, 0.15) is 17.1 Å². The van der Waals surface area contributed by atoms with Gasteiger partial charge in [-0.3, -0.25) is 0 Å². The molecule has 0 saturated carbocycles. The van der Waals surface area contributed by atoms with Crippen molar-refractivity contribution in [2.75, 3.05) is 27.4 Å². The Hall–Kier alpha value is -2.24. The highest BCUT2D eigenvalue weighted by Crippen LogP contribution is 2.29. The maximum absolute atomic E-state index is 11.7. The van der Waals surface area contributed by atoms with Crippen molar-refractivity contribution in [1.82, 2.24) is 0 Å². The van der Waals surface area contributed by atoms with E-state index in [2.05, 4.69) is 4.74 Å².